The summed E-state index contributed by atoms with van der Waals surface area (Å²) in [6.45, 7) is 11.8. The number of fused-ring (bicyclic) bond motifs is 1. The molecule has 0 saturated heterocycles. The topological polar surface area (TPSA) is 116 Å². The third kappa shape index (κ3) is 5.17. The Kier molecular flexibility index (Phi) is 6.76. The van der Waals surface area contributed by atoms with Gasteiger partial charge in [-0.1, -0.05) is 39.0 Å². The van der Waals surface area contributed by atoms with Crippen LogP contribution in [0.4, 0.5) is 5.82 Å². The molecule has 196 valence electrons. The van der Waals surface area contributed by atoms with E-state index in [1.54, 1.807) is 18.3 Å². The lowest BCUT2D eigenvalue weighted by molar-refractivity contribution is 0.276. The summed E-state index contributed by atoms with van der Waals surface area (Å²) in [5, 5.41) is 9.45. The van der Waals surface area contributed by atoms with Crippen molar-refractivity contribution < 1.29 is 4.43 Å². The van der Waals surface area contributed by atoms with Crippen molar-refractivity contribution in [3.63, 3.8) is 0 Å². The highest BCUT2D eigenvalue weighted by molar-refractivity contribution is 6.74. The first kappa shape index (κ1) is 26.2. The zero-order chi connectivity index (χ0) is 27.8. The third-order valence-corrected chi connectivity index (χ3v) is 11.8. The molecule has 0 amide bonds. The number of aromatic nitrogens is 5. The first-order valence-corrected chi connectivity index (χ1v) is 15.7. The first-order chi connectivity index (χ1) is 18.6. The van der Waals surface area contributed by atoms with Gasteiger partial charge in [0.1, 0.15) is 23.1 Å². The molecule has 4 heterocycles. The number of benzene rings is 1. The molecule has 2 N–H and O–H groups in total. The molecule has 5 aromatic rings. The van der Waals surface area contributed by atoms with Crippen LogP contribution in [-0.4, -0.2) is 32.8 Å². The second-order valence-electron chi connectivity index (χ2n) is 11.0. The zero-order valence-electron chi connectivity index (χ0n) is 22.8. The van der Waals surface area contributed by atoms with Crippen molar-refractivity contribution in [3.8, 4) is 34.5 Å². The van der Waals surface area contributed by atoms with Crippen LogP contribution >= 0.6 is 0 Å². The lowest BCUT2D eigenvalue weighted by Crippen LogP contribution is -2.40. The summed E-state index contributed by atoms with van der Waals surface area (Å²) in [5.41, 5.74) is 11.9. The number of hydrogen-bond acceptors (Lipinski definition) is 7. The van der Waals surface area contributed by atoms with Crippen LogP contribution in [0.1, 0.15) is 32.0 Å². The standard InChI is InChI=1S/C30H31N7OSi/c1-30(2,3)39(4,5)38-19-20-11-13-22(14-12-20)37-28(23-9-7-17-33-27(23)32)36-26-16-15-25(35-29(26)37)24-10-6-8-21(18-31)34-24/h6-17H,19H2,1-5H3,(H2,32,33). The smallest absolute Gasteiger partial charge is 0.192 e. The van der Waals surface area contributed by atoms with Crippen LogP contribution in [0.5, 0.6) is 0 Å². The van der Waals surface area contributed by atoms with Crippen molar-refractivity contribution in [1.82, 2.24) is 24.5 Å². The number of nitrogen functional groups attached to an aromatic ring is 1. The number of pyridine rings is 3. The molecule has 8 nitrogen and oxygen atoms in total. The molecule has 0 atom stereocenters. The van der Waals surface area contributed by atoms with Crippen LogP contribution in [-0.2, 0) is 11.0 Å². The van der Waals surface area contributed by atoms with Gasteiger partial charge in [0, 0.05) is 11.9 Å². The van der Waals surface area contributed by atoms with Crippen molar-refractivity contribution in [3.05, 3.63) is 84.2 Å². The Labute approximate surface area is 229 Å². The lowest BCUT2D eigenvalue weighted by Gasteiger charge is -2.36. The Balaban J connectivity index is 1.61. The minimum absolute atomic E-state index is 0.145. The van der Waals surface area contributed by atoms with Gasteiger partial charge in [-0.05, 0) is 72.2 Å². The van der Waals surface area contributed by atoms with Gasteiger partial charge in [0.15, 0.2) is 19.8 Å². The minimum Gasteiger partial charge on any atom is -0.413 e. The average Bonchev–Trinajstić information content (AvgIpc) is 3.30. The van der Waals surface area contributed by atoms with Gasteiger partial charge < -0.3 is 10.2 Å². The van der Waals surface area contributed by atoms with Gasteiger partial charge in [0.05, 0.1) is 23.6 Å². The Bertz CT molecular complexity index is 1700. The normalized spacial score (nSPS) is 12.0. The second kappa shape index (κ2) is 10.1. The summed E-state index contributed by atoms with van der Waals surface area (Å²) in [5.74, 6) is 1.03. The Hall–Kier alpha value is -4.39. The van der Waals surface area contributed by atoms with Crippen LogP contribution < -0.4 is 5.73 Å². The average molecular weight is 534 g/mol. The number of nitrogens with zero attached hydrogens (tertiary/aromatic N) is 6. The van der Waals surface area contributed by atoms with Gasteiger partial charge in [-0.3, -0.25) is 4.57 Å². The summed E-state index contributed by atoms with van der Waals surface area (Å²) in [6, 6.07) is 23.2. The Morgan fingerprint density at radius 3 is 2.36 bits per heavy atom. The maximum atomic E-state index is 9.30. The van der Waals surface area contributed by atoms with Crippen molar-refractivity contribution >= 4 is 25.3 Å². The highest BCUT2D eigenvalue weighted by Crippen LogP contribution is 2.37. The van der Waals surface area contributed by atoms with E-state index in [9.17, 15) is 5.26 Å². The second-order valence-corrected chi connectivity index (χ2v) is 15.8. The molecule has 4 aromatic heterocycles. The molecule has 0 unspecified atom stereocenters. The highest BCUT2D eigenvalue weighted by atomic mass is 28.4. The molecule has 0 aliphatic carbocycles. The van der Waals surface area contributed by atoms with Crippen molar-refractivity contribution in [2.45, 2.75) is 45.5 Å². The quantitative estimate of drug-likeness (QED) is 0.247. The molecule has 39 heavy (non-hydrogen) atoms. The van der Waals surface area contributed by atoms with Crippen LogP contribution in [0.2, 0.25) is 18.1 Å². The summed E-state index contributed by atoms with van der Waals surface area (Å²) in [4.78, 5) is 18.5. The van der Waals surface area contributed by atoms with E-state index in [0.29, 0.717) is 52.1 Å². The molecule has 5 rings (SSSR count). The molecule has 0 bridgehead atoms. The molecule has 0 spiro atoms. The van der Waals surface area contributed by atoms with Crippen LogP contribution in [0, 0.1) is 11.3 Å². The maximum Gasteiger partial charge on any atom is 0.192 e. The van der Waals surface area contributed by atoms with Gasteiger partial charge in [-0.25, -0.2) is 19.9 Å². The van der Waals surface area contributed by atoms with Gasteiger partial charge in [0.25, 0.3) is 0 Å². The predicted molar refractivity (Wildman–Crippen MR) is 156 cm³/mol. The fraction of sp³-hybridized carbons (Fsp3) is 0.233. The molecule has 0 aliphatic heterocycles. The number of rotatable bonds is 6. The van der Waals surface area contributed by atoms with Crippen molar-refractivity contribution in [2.75, 3.05) is 5.73 Å². The van der Waals surface area contributed by atoms with E-state index in [0.717, 1.165) is 11.3 Å². The van der Waals surface area contributed by atoms with E-state index in [1.807, 2.05) is 47.0 Å². The van der Waals surface area contributed by atoms with Gasteiger partial charge in [0.2, 0.25) is 0 Å². The maximum absolute atomic E-state index is 9.30. The predicted octanol–water partition coefficient (Wildman–Crippen LogP) is 6.52. The molecule has 0 aliphatic rings. The van der Waals surface area contributed by atoms with Crippen LogP contribution in [0.15, 0.2) is 72.9 Å². The fourth-order valence-electron chi connectivity index (χ4n) is 3.99. The van der Waals surface area contributed by atoms with Gasteiger partial charge in [-0.2, -0.15) is 5.26 Å². The van der Waals surface area contributed by atoms with Gasteiger partial charge in [-0.15, -0.1) is 0 Å². The summed E-state index contributed by atoms with van der Waals surface area (Å²) in [6.07, 6.45) is 1.66. The summed E-state index contributed by atoms with van der Waals surface area (Å²) >= 11 is 0. The Morgan fingerprint density at radius 1 is 0.923 bits per heavy atom. The van der Waals surface area contributed by atoms with Crippen LogP contribution in [0.3, 0.4) is 0 Å². The number of imidazole rings is 1. The zero-order valence-corrected chi connectivity index (χ0v) is 23.8. The number of nitrogens with two attached hydrogens (primary N) is 1. The number of anilines is 1. The number of nitriles is 1. The van der Waals surface area contributed by atoms with Crippen LogP contribution in [0.25, 0.3) is 39.6 Å². The molecule has 0 radical (unpaired) electrons. The monoisotopic (exact) mass is 533 g/mol. The van der Waals surface area contributed by atoms with Crippen molar-refractivity contribution in [1.29, 1.82) is 5.26 Å². The fourth-order valence-corrected chi connectivity index (χ4v) is 4.95. The summed E-state index contributed by atoms with van der Waals surface area (Å²) in [7, 11) is -1.87. The highest BCUT2D eigenvalue weighted by Gasteiger charge is 2.37. The largest absolute Gasteiger partial charge is 0.413 e. The summed E-state index contributed by atoms with van der Waals surface area (Å²) < 4.78 is 8.41. The molecule has 9 heteroatoms. The Morgan fingerprint density at radius 2 is 1.67 bits per heavy atom. The minimum atomic E-state index is -1.87. The van der Waals surface area contributed by atoms with E-state index in [1.165, 1.54) is 0 Å². The lowest BCUT2D eigenvalue weighted by atomic mass is 10.2. The van der Waals surface area contributed by atoms with E-state index >= 15 is 0 Å². The molecular formula is C30H31N7OSi. The van der Waals surface area contributed by atoms with Gasteiger partial charge >= 0.3 is 0 Å². The van der Waals surface area contributed by atoms with Crippen molar-refractivity contribution in [2.24, 2.45) is 0 Å². The van der Waals surface area contributed by atoms with E-state index in [-0.39, 0.29) is 5.04 Å². The van der Waals surface area contributed by atoms with E-state index < -0.39 is 8.32 Å². The number of hydrogen-bond donors (Lipinski definition) is 1. The SMILES string of the molecule is CC(C)(C)[Si](C)(C)OCc1ccc(-n2c(-c3cccnc3N)nc3ccc(-c4cccc(C#N)n4)nc32)cc1. The first-order valence-electron chi connectivity index (χ1n) is 12.8. The molecular weight excluding hydrogens is 502 g/mol. The van der Waals surface area contributed by atoms with E-state index in [4.69, 9.17) is 20.1 Å². The molecule has 1 aromatic carbocycles. The molecule has 0 saturated carbocycles. The molecule has 0 fully saturated rings. The third-order valence-electron chi connectivity index (χ3n) is 7.31. The van der Waals surface area contributed by atoms with E-state index in [2.05, 4.69) is 62.0 Å².